The highest BCUT2D eigenvalue weighted by molar-refractivity contribution is 4.98. The van der Waals surface area contributed by atoms with Gasteiger partial charge < -0.3 is 15.2 Å². The zero-order valence-electron chi connectivity index (χ0n) is 11.5. The molecule has 2 unspecified atom stereocenters. The van der Waals surface area contributed by atoms with Crippen LogP contribution in [-0.4, -0.2) is 49.4 Å². The van der Waals surface area contributed by atoms with E-state index in [4.69, 9.17) is 0 Å². The molecular formula is C12H19F6NO2. The number of likely N-dealkylation sites (N-methyl/N-ethyl adjacent to an activating group) is 1. The zero-order chi connectivity index (χ0) is 16.3. The molecule has 1 aliphatic rings. The van der Waals surface area contributed by atoms with Crippen molar-refractivity contribution in [1.82, 2.24) is 5.32 Å². The average Bonchev–Trinajstić information content (AvgIpc) is 2.75. The molecule has 0 saturated heterocycles. The first kappa shape index (κ1) is 18.5. The standard InChI is InChI=1S/C12H19F6NO2/c1-19-10(7-20)5-2-3-8(10)4-6-21-9(11(13,14)15)12(16,17)18/h8-9,19-20H,2-7H2,1H3. The molecule has 2 atom stereocenters. The predicted octanol–water partition coefficient (Wildman–Crippen LogP) is 2.64. The average molecular weight is 323 g/mol. The first-order valence-electron chi connectivity index (χ1n) is 6.61. The maximum Gasteiger partial charge on any atom is 0.423 e. The molecule has 0 spiro atoms. The molecule has 9 heteroatoms. The second-order valence-electron chi connectivity index (χ2n) is 5.28. The van der Waals surface area contributed by atoms with Gasteiger partial charge >= 0.3 is 12.4 Å². The van der Waals surface area contributed by atoms with E-state index in [9.17, 15) is 31.4 Å². The van der Waals surface area contributed by atoms with Gasteiger partial charge in [0.2, 0.25) is 6.10 Å². The minimum Gasteiger partial charge on any atom is -0.394 e. The van der Waals surface area contributed by atoms with Crippen LogP contribution >= 0.6 is 0 Å². The van der Waals surface area contributed by atoms with E-state index in [0.717, 1.165) is 6.42 Å². The van der Waals surface area contributed by atoms with Crippen LogP contribution in [0.15, 0.2) is 0 Å². The molecule has 1 saturated carbocycles. The van der Waals surface area contributed by atoms with E-state index in [1.54, 1.807) is 7.05 Å². The van der Waals surface area contributed by atoms with Crippen molar-refractivity contribution in [3.8, 4) is 0 Å². The van der Waals surface area contributed by atoms with Crippen LogP contribution in [0.3, 0.4) is 0 Å². The van der Waals surface area contributed by atoms with E-state index in [0.29, 0.717) is 12.8 Å². The predicted molar refractivity (Wildman–Crippen MR) is 62.7 cm³/mol. The molecule has 3 nitrogen and oxygen atoms in total. The molecule has 0 aromatic carbocycles. The van der Waals surface area contributed by atoms with Gasteiger partial charge in [-0.3, -0.25) is 0 Å². The number of halogens is 6. The fraction of sp³-hybridized carbons (Fsp3) is 1.00. The summed E-state index contributed by atoms with van der Waals surface area (Å²) >= 11 is 0. The van der Waals surface area contributed by atoms with Crippen molar-refractivity contribution in [3.63, 3.8) is 0 Å². The van der Waals surface area contributed by atoms with Crippen LogP contribution in [0.2, 0.25) is 0 Å². The van der Waals surface area contributed by atoms with Crippen LogP contribution in [-0.2, 0) is 4.74 Å². The highest BCUT2D eigenvalue weighted by Crippen LogP contribution is 2.39. The van der Waals surface area contributed by atoms with Crippen molar-refractivity contribution in [2.24, 2.45) is 5.92 Å². The Morgan fingerprint density at radius 2 is 1.81 bits per heavy atom. The van der Waals surface area contributed by atoms with Gasteiger partial charge in [-0.05, 0) is 32.2 Å². The van der Waals surface area contributed by atoms with E-state index in [-0.39, 0.29) is 18.9 Å². The zero-order valence-corrected chi connectivity index (χ0v) is 11.5. The van der Waals surface area contributed by atoms with Crippen molar-refractivity contribution in [2.75, 3.05) is 20.3 Å². The summed E-state index contributed by atoms with van der Waals surface area (Å²) in [5.74, 6) is -0.213. The second kappa shape index (κ2) is 6.70. The third-order valence-electron chi connectivity index (χ3n) is 4.08. The second-order valence-corrected chi connectivity index (χ2v) is 5.28. The van der Waals surface area contributed by atoms with Gasteiger partial charge in [-0.15, -0.1) is 0 Å². The molecule has 0 aliphatic heterocycles. The van der Waals surface area contributed by atoms with Crippen LogP contribution < -0.4 is 5.32 Å². The quantitative estimate of drug-likeness (QED) is 0.739. The van der Waals surface area contributed by atoms with E-state index in [1.807, 2.05) is 0 Å². The Balaban J connectivity index is 2.59. The lowest BCUT2D eigenvalue weighted by Crippen LogP contribution is -2.50. The normalized spacial score (nSPS) is 27.6. The Morgan fingerprint density at radius 3 is 2.24 bits per heavy atom. The largest absolute Gasteiger partial charge is 0.423 e. The highest BCUT2D eigenvalue weighted by atomic mass is 19.4. The first-order valence-corrected chi connectivity index (χ1v) is 6.61. The summed E-state index contributed by atoms with van der Waals surface area (Å²) in [4.78, 5) is 0. The maximum absolute atomic E-state index is 12.3. The minimum atomic E-state index is -5.48. The molecule has 0 bridgehead atoms. The van der Waals surface area contributed by atoms with E-state index in [1.165, 1.54) is 0 Å². The molecule has 0 aromatic heterocycles. The number of hydrogen-bond acceptors (Lipinski definition) is 3. The molecule has 1 fully saturated rings. The summed E-state index contributed by atoms with van der Waals surface area (Å²) < 4.78 is 77.9. The number of rotatable bonds is 6. The van der Waals surface area contributed by atoms with Crippen molar-refractivity contribution in [1.29, 1.82) is 0 Å². The summed E-state index contributed by atoms with van der Waals surface area (Å²) in [7, 11) is 1.61. The van der Waals surface area contributed by atoms with Crippen LogP contribution in [0, 0.1) is 5.92 Å². The van der Waals surface area contributed by atoms with Gasteiger partial charge in [0.1, 0.15) is 0 Å². The molecule has 2 N–H and O–H groups in total. The van der Waals surface area contributed by atoms with Gasteiger partial charge in [-0.1, -0.05) is 6.42 Å². The number of hydrogen-bond donors (Lipinski definition) is 2. The van der Waals surface area contributed by atoms with Crippen LogP contribution in [0.25, 0.3) is 0 Å². The Kier molecular flexibility index (Phi) is 5.91. The van der Waals surface area contributed by atoms with E-state index in [2.05, 4.69) is 10.1 Å². The monoisotopic (exact) mass is 323 g/mol. The molecular weight excluding hydrogens is 304 g/mol. The lowest BCUT2D eigenvalue weighted by molar-refractivity contribution is -0.322. The minimum absolute atomic E-state index is 0.0318. The lowest BCUT2D eigenvalue weighted by atomic mass is 9.85. The van der Waals surface area contributed by atoms with Gasteiger partial charge in [-0.2, -0.15) is 26.3 Å². The van der Waals surface area contributed by atoms with Gasteiger partial charge in [0.15, 0.2) is 0 Å². The molecule has 0 heterocycles. The van der Waals surface area contributed by atoms with E-state index >= 15 is 0 Å². The highest BCUT2D eigenvalue weighted by Gasteiger charge is 2.58. The molecule has 1 rings (SSSR count). The molecule has 126 valence electrons. The third kappa shape index (κ3) is 4.46. The number of nitrogens with one attached hydrogen (secondary N) is 1. The summed E-state index contributed by atoms with van der Waals surface area (Å²) in [6, 6.07) is 0. The smallest absolute Gasteiger partial charge is 0.394 e. The maximum atomic E-state index is 12.3. The number of ether oxygens (including phenoxy) is 1. The molecule has 0 amide bonds. The topological polar surface area (TPSA) is 41.5 Å². The molecule has 0 aromatic rings. The van der Waals surface area contributed by atoms with Crippen molar-refractivity contribution in [2.45, 2.75) is 49.7 Å². The van der Waals surface area contributed by atoms with Gasteiger partial charge in [0, 0.05) is 12.1 Å². The van der Waals surface area contributed by atoms with Gasteiger partial charge in [-0.25, -0.2) is 0 Å². The van der Waals surface area contributed by atoms with Crippen molar-refractivity contribution < 1.29 is 36.2 Å². The first-order chi connectivity index (χ1) is 9.57. The fourth-order valence-corrected chi connectivity index (χ4v) is 2.88. The lowest BCUT2D eigenvalue weighted by Gasteiger charge is -2.34. The number of alkyl halides is 6. The summed E-state index contributed by atoms with van der Waals surface area (Å²) in [6.45, 7) is -0.867. The Morgan fingerprint density at radius 1 is 1.24 bits per heavy atom. The van der Waals surface area contributed by atoms with Crippen molar-refractivity contribution >= 4 is 0 Å². The Hall–Kier alpha value is -0.540. The molecule has 21 heavy (non-hydrogen) atoms. The summed E-state index contributed by atoms with van der Waals surface area (Å²) in [6.07, 6.45) is -12.7. The Bertz CT molecular complexity index is 313. The summed E-state index contributed by atoms with van der Waals surface area (Å²) in [5.41, 5.74) is -0.644. The van der Waals surface area contributed by atoms with Crippen LogP contribution in [0.1, 0.15) is 25.7 Å². The van der Waals surface area contributed by atoms with Crippen LogP contribution in [0.4, 0.5) is 26.3 Å². The van der Waals surface area contributed by atoms with Crippen LogP contribution in [0.5, 0.6) is 0 Å². The third-order valence-corrected chi connectivity index (χ3v) is 4.08. The molecule has 1 aliphatic carbocycles. The van der Waals surface area contributed by atoms with Crippen molar-refractivity contribution in [3.05, 3.63) is 0 Å². The SMILES string of the molecule is CNC1(CO)CCCC1CCOC(C(F)(F)F)C(F)(F)F. The summed E-state index contributed by atoms with van der Waals surface area (Å²) in [5, 5.41) is 12.3. The van der Waals surface area contributed by atoms with Gasteiger partial charge in [0.05, 0.1) is 6.61 Å². The fourth-order valence-electron chi connectivity index (χ4n) is 2.88. The number of aliphatic hydroxyl groups excluding tert-OH is 1. The van der Waals surface area contributed by atoms with E-state index < -0.39 is 30.6 Å². The Labute approximate surface area is 118 Å². The number of aliphatic hydroxyl groups is 1. The van der Waals surface area contributed by atoms with Gasteiger partial charge in [0.25, 0.3) is 0 Å². The molecule has 0 radical (unpaired) electrons.